The van der Waals surface area contributed by atoms with Crippen LogP contribution in [0.25, 0.3) is 0 Å². The smallest absolute Gasteiger partial charge is 0.0351 e. The fourth-order valence-corrected chi connectivity index (χ4v) is 2.52. The highest BCUT2D eigenvalue weighted by molar-refractivity contribution is 4.89. The van der Waals surface area contributed by atoms with Gasteiger partial charge in [0.05, 0.1) is 0 Å². The Balaban J connectivity index is 1.62. The second-order valence-corrected chi connectivity index (χ2v) is 5.11. The summed E-state index contributed by atoms with van der Waals surface area (Å²) in [6.45, 7) is 11.3. The first-order valence-electron chi connectivity index (χ1n) is 6.44. The Labute approximate surface area is 94.0 Å². The number of nitrogens with zero attached hydrogens (tertiary/aromatic N) is 3. The molecule has 88 valence electrons. The van der Waals surface area contributed by atoms with E-state index in [-0.39, 0.29) is 0 Å². The van der Waals surface area contributed by atoms with Crippen LogP contribution >= 0.6 is 0 Å². The SMILES string of the molecule is CCCCN1CC(N2CCN(C)CC2)C1. The third-order valence-corrected chi connectivity index (χ3v) is 3.82. The maximum Gasteiger partial charge on any atom is 0.0351 e. The van der Waals surface area contributed by atoms with Gasteiger partial charge >= 0.3 is 0 Å². The third kappa shape index (κ3) is 2.92. The molecule has 2 saturated heterocycles. The Morgan fingerprint density at radius 3 is 2.33 bits per heavy atom. The highest BCUT2D eigenvalue weighted by atomic mass is 15.3. The average molecular weight is 211 g/mol. The van der Waals surface area contributed by atoms with Gasteiger partial charge in [0, 0.05) is 45.3 Å². The first-order valence-corrected chi connectivity index (χ1v) is 6.44. The molecule has 0 aromatic carbocycles. The summed E-state index contributed by atoms with van der Waals surface area (Å²) in [5.41, 5.74) is 0. The van der Waals surface area contributed by atoms with Crippen molar-refractivity contribution in [2.24, 2.45) is 0 Å². The highest BCUT2D eigenvalue weighted by Crippen LogP contribution is 2.16. The summed E-state index contributed by atoms with van der Waals surface area (Å²) >= 11 is 0. The number of hydrogen-bond donors (Lipinski definition) is 0. The molecule has 0 N–H and O–H groups in total. The topological polar surface area (TPSA) is 9.72 Å². The van der Waals surface area contributed by atoms with Gasteiger partial charge in [0.15, 0.2) is 0 Å². The summed E-state index contributed by atoms with van der Waals surface area (Å²) in [5, 5.41) is 0. The molecule has 0 spiro atoms. The summed E-state index contributed by atoms with van der Waals surface area (Å²) in [6, 6.07) is 0.871. The second-order valence-electron chi connectivity index (χ2n) is 5.11. The van der Waals surface area contributed by atoms with Gasteiger partial charge in [-0.1, -0.05) is 13.3 Å². The van der Waals surface area contributed by atoms with Crippen LogP contribution in [-0.4, -0.2) is 73.6 Å². The normalized spacial score (nSPS) is 26.8. The maximum atomic E-state index is 2.68. The molecule has 0 atom stereocenters. The molecule has 0 amide bonds. The van der Waals surface area contributed by atoms with Gasteiger partial charge in [-0.05, 0) is 20.0 Å². The molecule has 2 rings (SSSR count). The molecule has 2 heterocycles. The average Bonchev–Trinajstić information content (AvgIpc) is 2.18. The van der Waals surface area contributed by atoms with E-state index in [2.05, 4.69) is 28.7 Å². The lowest BCUT2D eigenvalue weighted by molar-refractivity contribution is 0.00918. The van der Waals surface area contributed by atoms with Crippen molar-refractivity contribution in [3.05, 3.63) is 0 Å². The minimum absolute atomic E-state index is 0.871. The minimum atomic E-state index is 0.871. The Kier molecular flexibility index (Phi) is 4.00. The molecular formula is C12H25N3. The zero-order chi connectivity index (χ0) is 10.7. The van der Waals surface area contributed by atoms with Crippen molar-refractivity contribution >= 4 is 0 Å². The molecule has 15 heavy (non-hydrogen) atoms. The zero-order valence-electron chi connectivity index (χ0n) is 10.3. The quantitative estimate of drug-likeness (QED) is 0.678. The van der Waals surface area contributed by atoms with Crippen LogP contribution in [0.4, 0.5) is 0 Å². The van der Waals surface area contributed by atoms with Gasteiger partial charge in [-0.15, -0.1) is 0 Å². The van der Waals surface area contributed by atoms with Gasteiger partial charge in [-0.25, -0.2) is 0 Å². The standard InChI is InChI=1S/C12H25N3/c1-3-4-5-14-10-12(11-14)15-8-6-13(2)7-9-15/h12H,3-11H2,1-2H3. The molecule has 0 aliphatic carbocycles. The summed E-state index contributed by atoms with van der Waals surface area (Å²) in [4.78, 5) is 7.72. The molecule has 2 fully saturated rings. The summed E-state index contributed by atoms with van der Waals surface area (Å²) < 4.78 is 0. The third-order valence-electron chi connectivity index (χ3n) is 3.82. The maximum absolute atomic E-state index is 2.68. The van der Waals surface area contributed by atoms with Crippen LogP contribution in [0.1, 0.15) is 19.8 Å². The van der Waals surface area contributed by atoms with Crippen LogP contribution in [0.15, 0.2) is 0 Å². The number of hydrogen-bond acceptors (Lipinski definition) is 3. The van der Waals surface area contributed by atoms with Crippen LogP contribution in [0.2, 0.25) is 0 Å². The van der Waals surface area contributed by atoms with E-state index in [0.29, 0.717) is 0 Å². The van der Waals surface area contributed by atoms with E-state index in [1.165, 1.54) is 58.7 Å². The van der Waals surface area contributed by atoms with Crippen molar-refractivity contribution in [2.45, 2.75) is 25.8 Å². The van der Waals surface area contributed by atoms with Crippen LogP contribution in [0.5, 0.6) is 0 Å². The van der Waals surface area contributed by atoms with Crippen LogP contribution < -0.4 is 0 Å². The van der Waals surface area contributed by atoms with E-state index in [9.17, 15) is 0 Å². The first kappa shape index (κ1) is 11.4. The van der Waals surface area contributed by atoms with Crippen molar-refractivity contribution in [3.8, 4) is 0 Å². The van der Waals surface area contributed by atoms with Crippen LogP contribution in [-0.2, 0) is 0 Å². The van der Waals surface area contributed by atoms with Gasteiger partial charge in [0.1, 0.15) is 0 Å². The molecule has 3 nitrogen and oxygen atoms in total. The number of likely N-dealkylation sites (tertiary alicyclic amines) is 1. The summed E-state index contributed by atoms with van der Waals surface area (Å²) in [6.07, 6.45) is 2.70. The van der Waals surface area contributed by atoms with E-state index in [4.69, 9.17) is 0 Å². The monoisotopic (exact) mass is 211 g/mol. The van der Waals surface area contributed by atoms with Gasteiger partial charge in [0.25, 0.3) is 0 Å². The predicted octanol–water partition coefficient (Wildman–Crippen LogP) is 0.718. The number of rotatable bonds is 4. The lowest BCUT2D eigenvalue weighted by atomic mass is 10.1. The molecule has 2 aliphatic rings. The first-order chi connectivity index (χ1) is 7.29. The fraction of sp³-hybridized carbons (Fsp3) is 1.00. The van der Waals surface area contributed by atoms with Crippen molar-refractivity contribution in [3.63, 3.8) is 0 Å². The fourth-order valence-electron chi connectivity index (χ4n) is 2.52. The lowest BCUT2D eigenvalue weighted by Gasteiger charge is -2.48. The van der Waals surface area contributed by atoms with E-state index in [1.54, 1.807) is 0 Å². The molecule has 3 heteroatoms. The number of piperazine rings is 1. The molecule has 0 saturated carbocycles. The zero-order valence-corrected chi connectivity index (χ0v) is 10.3. The van der Waals surface area contributed by atoms with Crippen molar-refractivity contribution in [1.29, 1.82) is 0 Å². The predicted molar refractivity (Wildman–Crippen MR) is 64.2 cm³/mol. The largest absolute Gasteiger partial charge is 0.304 e. The molecule has 0 radical (unpaired) electrons. The minimum Gasteiger partial charge on any atom is -0.304 e. The van der Waals surface area contributed by atoms with Gasteiger partial charge in [0.2, 0.25) is 0 Å². The molecule has 2 aliphatic heterocycles. The van der Waals surface area contributed by atoms with E-state index >= 15 is 0 Å². The molecule has 0 unspecified atom stereocenters. The van der Waals surface area contributed by atoms with E-state index in [1.807, 2.05) is 0 Å². The van der Waals surface area contributed by atoms with Crippen LogP contribution in [0, 0.1) is 0 Å². The van der Waals surface area contributed by atoms with Crippen LogP contribution in [0.3, 0.4) is 0 Å². The Morgan fingerprint density at radius 2 is 1.73 bits per heavy atom. The Morgan fingerprint density at radius 1 is 1.07 bits per heavy atom. The molecule has 0 bridgehead atoms. The summed E-state index contributed by atoms with van der Waals surface area (Å²) in [5.74, 6) is 0. The van der Waals surface area contributed by atoms with Crippen molar-refractivity contribution in [1.82, 2.24) is 14.7 Å². The molecule has 0 aromatic rings. The highest BCUT2D eigenvalue weighted by Gasteiger charge is 2.32. The second kappa shape index (κ2) is 5.28. The number of likely N-dealkylation sites (N-methyl/N-ethyl adjacent to an activating group) is 1. The summed E-state index contributed by atoms with van der Waals surface area (Å²) in [7, 11) is 2.23. The van der Waals surface area contributed by atoms with E-state index in [0.717, 1.165) is 6.04 Å². The Bertz CT molecular complexity index is 181. The number of unbranched alkanes of at least 4 members (excludes halogenated alkanes) is 1. The lowest BCUT2D eigenvalue weighted by Crippen LogP contribution is -2.62. The molecular weight excluding hydrogens is 186 g/mol. The Hall–Kier alpha value is -0.120. The van der Waals surface area contributed by atoms with Crippen molar-refractivity contribution in [2.75, 3.05) is 52.9 Å². The van der Waals surface area contributed by atoms with Gasteiger partial charge in [-0.2, -0.15) is 0 Å². The van der Waals surface area contributed by atoms with Crippen molar-refractivity contribution < 1.29 is 0 Å². The van der Waals surface area contributed by atoms with E-state index < -0.39 is 0 Å². The molecule has 0 aromatic heterocycles. The van der Waals surface area contributed by atoms with Gasteiger partial charge in [-0.3, -0.25) is 4.90 Å². The van der Waals surface area contributed by atoms with Gasteiger partial charge < -0.3 is 9.80 Å².